The fourth-order valence-corrected chi connectivity index (χ4v) is 2.32. The Morgan fingerprint density at radius 3 is 2.13 bits per heavy atom. The summed E-state index contributed by atoms with van der Waals surface area (Å²) in [5.74, 6) is 1.74. The van der Waals surface area contributed by atoms with E-state index in [0.717, 1.165) is 28.7 Å². The largest absolute Gasteiger partial charge is 0.305 e. The van der Waals surface area contributed by atoms with Crippen LogP contribution in [0.4, 0.5) is 11.6 Å². The molecule has 3 aromatic heterocycles. The van der Waals surface area contributed by atoms with Gasteiger partial charge in [-0.2, -0.15) is 0 Å². The van der Waals surface area contributed by atoms with Crippen molar-refractivity contribution < 1.29 is 16.5 Å². The molecule has 3 aromatic rings. The predicted octanol–water partition coefficient (Wildman–Crippen LogP) is 3.82. The van der Waals surface area contributed by atoms with Crippen molar-refractivity contribution in [2.24, 2.45) is 0 Å². The molecular weight excluding hydrogens is 331 g/mol. The zero-order valence-corrected chi connectivity index (χ0v) is 14.1. The first-order valence-corrected chi connectivity index (χ1v) is 7.27. The molecule has 120 valence electrons. The van der Waals surface area contributed by atoms with Gasteiger partial charge in [0.15, 0.2) is 0 Å². The smallest absolute Gasteiger partial charge is 0.134 e. The van der Waals surface area contributed by atoms with E-state index in [9.17, 15) is 0 Å². The van der Waals surface area contributed by atoms with Gasteiger partial charge in [-0.1, -0.05) is 18.2 Å². The van der Waals surface area contributed by atoms with Crippen molar-refractivity contribution >= 4 is 11.6 Å². The van der Waals surface area contributed by atoms with Crippen LogP contribution in [0.15, 0.2) is 60.8 Å². The van der Waals surface area contributed by atoms with Crippen molar-refractivity contribution in [1.82, 2.24) is 15.0 Å². The first kappa shape index (κ1) is 17.1. The van der Waals surface area contributed by atoms with Crippen LogP contribution < -0.4 is 4.90 Å². The van der Waals surface area contributed by atoms with Gasteiger partial charge in [0.05, 0.1) is 12.2 Å². The van der Waals surface area contributed by atoms with Gasteiger partial charge in [-0.25, -0.2) is 9.97 Å². The second-order valence-electron chi connectivity index (χ2n) is 5.18. The Bertz CT molecular complexity index is 762. The Balaban J connectivity index is 0.00000192. The number of nitrogens with zero attached hydrogens (tertiary/aromatic N) is 4. The van der Waals surface area contributed by atoms with Gasteiger partial charge >= 0.3 is 0 Å². The van der Waals surface area contributed by atoms with Gasteiger partial charge in [0.1, 0.15) is 11.6 Å². The van der Waals surface area contributed by atoms with E-state index in [1.165, 1.54) is 0 Å². The normalized spacial score (nSPS) is 10.0. The van der Waals surface area contributed by atoms with E-state index in [4.69, 9.17) is 0 Å². The SMILES string of the molecule is Cc1cccc(CN(c2ccccn2)c2cccc(C)n2)n1.[Ni]. The van der Waals surface area contributed by atoms with Crippen LogP contribution in [0, 0.1) is 13.8 Å². The van der Waals surface area contributed by atoms with Crippen LogP contribution >= 0.6 is 0 Å². The Morgan fingerprint density at radius 2 is 1.48 bits per heavy atom. The number of aromatic nitrogens is 3. The predicted molar refractivity (Wildman–Crippen MR) is 88.0 cm³/mol. The standard InChI is InChI=1S/C18H18N4.Ni/c1-14-7-5-9-16(20-14)13-22(17-10-3-4-12-19-17)18-11-6-8-15(2)21-18;/h3-12H,13H2,1-2H3;. The van der Waals surface area contributed by atoms with Crippen LogP contribution in [0.3, 0.4) is 0 Å². The molecule has 0 aliphatic rings. The first-order valence-electron chi connectivity index (χ1n) is 7.27. The maximum Gasteiger partial charge on any atom is 0.134 e. The molecule has 23 heavy (non-hydrogen) atoms. The fourth-order valence-electron chi connectivity index (χ4n) is 2.32. The number of hydrogen-bond donors (Lipinski definition) is 0. The summed E-state index contributed by atoms with van der Waals surface area (Å²) in [6.45, 7) is 4.62. The van der Waals surface area contributed by atoms with Crippen LogP contribution in [-0.2, 0) is 23.0 Å². The summed E-state index contributed by atoms with van der Waals surface area (Å²) < 4.78 is 0. The molecule has 0 spiro atoms. The third-order valence-electron chi connectivity index (χ3n) is 3.34. The molecule has 0 aliphatic carbocycles. The second-order valence-corrected chi connectivity index (χ2v) is 5.18. The fraction of sp³-hybridized carbons (Fsp3) is 0.167. The summed E-state index contributed by atoms with van der Waals surface area (Å²) in [7, 11) is 0. The molecule has 3 rings (SSSR count). The van der Waals surface area contributed by atoms with Gasteiger partial charge in [-0.05, 0) is 50.2 Å². The van der Waals surface area contributed by atoms with Gasteiger partial charge in [0.2, 0.25) is 0 Å². The van der Waals surface area contributed by atoms with E-state index < -0.39 is 0 Å². The van der Waals surface area contributed by atoms with Crippen LogP contribution in [-0.4, -0.2) is 15.0 Å². The molecule has 0 aromatic carbocycles. The van der Waals surface area contributed by atoms with Crippen molar-refractivity contribution in [1.29, 1.82) is 0 Å². The zero-order chi connectivity index (χ0) is 15.4. The van der Waals surface area contributed by atoms with Crippen molar-refractivity contribution in [3.05, 3.63) is 77.9 Å². The Hall–Kier alpha value is -2.26. The maximum absolute atomic E-state index is 4.63. The minimum atomic E-state index is 0. The summed E-state index contributed by atoms with van der Waals surface area (Å²) in [4.78, 5) is 15.8. The van der Waals surface area contributed by atoms with Crippen LogP contribution in [0.1, 0.15) is 17.1 Å². The number of rotatable bonds is 4. The Morgan fingerprint density at radius 1 is 0.783 bits per heavy atom. The van der Waals surface area contributed by atoms with Crippen LogP contribution in [0.25, 0.3) is 0 Å². The molecule has 0 N–H and O–H groups in total. The topological polar surface area (TPSA) is 41.9 Å². The van der Waals surface area contributed by atoms with Crippen molar-refractivity contribution in [2.75, 3.05) is 4.90 Å². The van der Waals surface area contributed by atoms with E-state index in [1.807, 2.05) is 68.4 Å². The van der Waals surface area contributed by atoms with Gasteiger partial charge < -0.3 is 4.90 Å². The molecule has 0 saturated heterocycles. The van der Waals surface area contributed by atoms with E-state index >= 15 is 0 Å². The third kappa shape index (κ3) is 4.36. The summed E-state index contributed by atoms with van der Waals surface area (Å²) in [5, 5.41) is 0. The zero-order valence-electron chi connectivity index (χ0n) is 13.1. The molecule has 0 fully saturated rings. The third-order valence-corrected chi connectivity index (χ3v) is 3.34. The molecule has 0 unspecified atom stereocenters. The molecular formula is C18H18N4Ni. The van der Waals surface area contributed by atoms with E-state index in [1.54, 1.807) is 6.20 Å². The van der Waals surface area contributed by atoms with Gasteiger partial charge in [0, 0.05) is 34.1 Å². The number of anilines is 2. The molecule has 0 aliphatic heterocycles. The molecule has 4 nitrogen and oxygen atoms in total. The van der Waals surface area contributed by atoms with E-state index in [0.29, 0.717) is 6.54 Å². The molecule has 0 radical (unpaired) electrons. The van der Waals surface area contributed by atoms with Crippen molar-refractivity contribution in [2.45, 2.75) is 20.4 Å². The molecule has 5 heteroatoms. The second kappa shape index (κ2) is 7.84. The summed E-state index contributed by atoms with van der Waals surface area (Å²) in [6, 6.07) is 17.9. The van der Waals surface area contributed by atoms with Crippen LogP contribution in [0.5, 0.6) is 0 Å². The van der Waals surface area contributed by atoms with E-state index in [2.05, 4.69) is 19.9 Å². The first-order chi connectivity index (χ1) is 10.7. The van der Waals surface area contributed by atoms with Gasteiger partial charge in [0.25, 0.3) is 0 Å². The van der Waals surface area contributed by atoms with Crippen molar-refractivity contribution in [3.63, 3.8) is 0 Å². The average Bonchev–Trinajstić information content (AvgIpc) is 2.53. The molecule has 0 saturated carbocycles. The van der Waals surface area contributed by atoms with E-state index in [-0.39, 0.29) is 16.5 Å². The van der Waals surface area contributed by atoms with Gasteiger partial charge in [-0.15, -0.1) is 0 Å². The van der Waals surface area contributed by atoms with Crippen molar-refractivity contribution in [3.8, 4) is 0 Å². The number of hydrogen-bond acceptors (Lipinski definition) is 4. The molecule has 0 atom stereocenters. The Kier molecular flexibility index (Phi) is 5.83. The van der Waals surface area contributed by atoms with Crippen LogP contribution in [0.2, 0.25) is 0 Å². The summed E-state index contributed by atoms with van der Waals surface area (Å²) >= 11 is 0. The molecule has 0 amide bonds. The minimum Gasteiger partial charge on any atom is -0.305 e. The summed E-state index contributed by atoms with van der Waals surface area (Å²) in [5.41, 5.74) is 2.99. The number of aryl methyl sites for hydroxylation is 2. The molecule has 0 bridgehead atoms. The number of pyridine rings is 3. The Labute approximate surface area is 146 Å². The van der Waals surface area contributed by atoms with Gasteiger partial charge in [-0.3, -0.25) is 4.98 Å². The average molecular weight is 349 g/mol. The summed E-state index contributed by atoms with van der Waals surface area (Å²) in [6.07, 6.45) is 1.79. The molecule has 3 heterocycles. The quantitative estimate of drug-likeness (QED) is 0.672. The monoisotopic (exact) mass is 348 g/mol. The maximum atomic E-state index is 4.63. The minimum absolute atomic E-state index is 0.